The van der Waals surface area contributed by atoms with Crippen molar-refractivity contribution in [2.75, 3.05) is 19.8 Å². The quantitative estimate of drug-likeness (QED) is 0.307. The molecule has 0 aromatic rings. The molecule has 0 aliphatic carbocycles. The molecule has 0 rings (SSSR count). The number of esters is 1. The average Bonchev–Trinajstić information content (AvgIpc) is 2.63. The predicted molar refractivity (Wildman–Crippen MR) is 110 cm³/mol. The van der Waals surface area contributed by atoms with Crippen LogP contribution in [0.1, 0.15) is 79.6 Å². The van der Waals surface area contributed by atoms with Crippen molar-refractivity contribution in [1.29, 1.82) is 0 Å². The van der Waals surface area contributed by atoms with Crippen molar-refractivity contribution in [3.8, 4) is 0 Å². The first kappa shape index (κ1) is 26.4. The molecule has 2 N–H and O–H groups in total. The van der Waals surface area contributed by atoms with Gasteiger partial charge in [-0.1, -0.05) is 40.5 Å². The lowest BCUT2D eigenvalue weighted by atomic mass is 10.1. The number of hydrogen-bond donors (Lipinski definition) is 2. The molecule has 28 heavy (non-hydrogen) atoms. The molecule has 2 atom stereocenters. The second-order valence-electron chi connectivity index (χ2n) is 7.63. The Morgan fingerprint density at radius 1 is 0.929 bits per heavy atom. The molecular formula is C21H40N2O5. The molecule has 0 aromatic heterocycles. The van der Waals surface area contributed by atoms with Crippen LogP contribution in [0.25, 0.3) is 0 Å². The fourth-order valence-electron chi connectivity index (χ4n) is 2.38. The number of amides is 2. The van der Waals surface area contributed by atoms with Gasteiger partial charge >= 0.3 is 5.97 Å². The van der Waals surface area contributed by atoms with E-state index < -0.39 is 12.0 Å². The lowest BCUT2D eigenvalue weighted by Crippen LogP contribution is -2.49. The fourth-order valence-corrected chi connectivity index (χ4v) is 2.38. The molecule has 0 radical (unpaired) electrons. The Kier molecular flexibility index (Phi) is 15.4. The Bertz CT molecular complexity index is 454. The third-order valence-corrected chi connectivity index (χ3v) is 4.17. The smallest absolute Gasteiger partial charge is 0.330 e. The van der Waals surface area contributed by atoms with Crippen molar-refractivity contribution >= 4 is 17.8 Å². The highest BCUT2D eigenvalue weighted by Gasteiger charge is 2.23. The van der Waals surface area contributed by atoms with E-state index in [-0.39, 0.29) is 31.1 Å². The summed E-state index contributed by atoms with van der Waals surface area (Å²) >= 11 is 0. The first-order valence-electron chi connectivity index (χ1n) is 10.6. The zero-order valence-corrected chi connectivity index (χ0v) is 18.3. The van der Waals surface area contributed by atoms with Crippen LogP contribution in [0.3, 0.4) is 0 Å². The maximum atomic E-state index is 12.4. The fraction of sp³-hybridized carbons (Fsp3) is 0.857. The molecule has 0 fully saturated rings. The summed E-state index contributed by atoms with van der Waals surface area (Å²) in [6.45, 7) is 10.8. The minimum atomic E-state index is -0.891. The zero-order valence-electron chi connectivity index (χ0n) is 18.3. The van der Waals surface area contributed by atoms with Gasteiger partial charge in [0.2, 0.25) is 11.8 Å². The van der Waals surface area contributed by atoms with E-state index in [1.807, 2.05) is 13.8 Å². The van der Waals surface area contributed by atoms with Crippen LogP contribution in [0, 0.1) is 5.92 Å². The SMILES string of the molecule is CCCCCC(=O)NC(CNC(=O)CCC)C(=O)OCC(C)OCCC(C)C. The molecule has 0 saturated carbocycles. The van der Waals surface area contributed by atoms with E-state index in [1.54, 1.807) is 0 Å². The van der Waals surface area contributed by atoms with Crippen molar-refractivity contribution in [2.24, 2.45) is 5.92 Å². The highest BCUT2D eigenvalue weighted by atomic mass is 16.6. The van der Waals surface area contributed by atoms with Crippen molar-refractivity contribution in [2.45, 2.75) is 91.7 Å². The summed E-state index contributed by atoms with van der Waals surface area (Å²) in [6.07, 6.45) is 4.92. The number of hydrogen-bond acceptors (Lipinski definition) is 5. The molecular weight excluding hydrogens is 360 g/mol. The van der Waals surface area contributed by atoms with Gasteiger partial charge in [-0.3, -0.25) is 9.59 Å². The normalized spacial score (nSPS) is 13.1. The zero-order chi connectivity index (χ0) is 21.4. The van der Waals surface area contributed by atoms with Crippen LogP contribution in [0.15, 0.2) is 0 Å². The Morgan fingerprint density at radius 2 is 1.64 bits per heavy atom. The monoisotopic (exact) mass is 400 g/mol. The summed E-state index contributed by atoms with van der Waals surface area (Å²) in [7, 11) is 0. The lowest BCUT2D eigenvalue weighted by molar-refractivity contribution is -0.151. The van der Waals surface area contributed by atoms with Gasteiger partial charge in [-0.05, 0) is 32.1 Å². The number of ether oxygens (including phenoxy) is 2. The molecule has 7 heteroatoms. The minimum Gasteiger partial charge on any atom is -0.461 e. The van der Waals surface area contributed by atoms with Gasteiger partial charge in [0.15, 0.2) is 0 Å². The molecule has 0 heterocycles. The number of rotatable bonds is 16. The van der Waals surface area contributed by atoms with Gasteiger partial charge in [-0.25, -0.2) is 4.79 Å². The van der Waals surface area contributed by atoms with Crippen molar-refractivity contribution in [1.82, 2.24) is 10.6 Å². The first-order valence-corrected chi connectivity index (χ1v) is 10.6. The standard InChI is InChI=1S/C21H40N2O5/c1-6-8-9-11-20(25)23-18(14-22-19(24)10-7-2)21(26)28-15-17(5)27-13-12-16(3)4/h16-18H,6-15H2,1-5H3,(H,22,24)(H,23,25). The summed E-state index contributed by atoms with van der Waals surface area (Å²) in [5, 5.41) is 5.37. The highest BCUT2D eigenvalue weighted by Crippen LogP contribution is 2.03. The summed E-state index contributed by atoms with van der Waals surface area (Å²) in [5.74, 6) is -0.360. The van der Waals surface area contributed by atoms with Gasteiger partial charge in [0.1, 0.15) is 12.6 Å². The van der Waals surface area contributed by atoms with Crippen LogP contribution in [0.2, 0.25) is 0 Å². The van der Waals surface area contributed by atoms with E-state index in [9.17, 15) is 14.4 Å². The molecule has 2 amide bonds. The van der Waals surface area contributed by atoms with Crippen LogP contribution in [-0.4, -0.2) is 49.7 Å². The predicted octanol–water partition coefficient (Wildman–Crippen LogP) is 2.96. The van der Waals surface area contributed by atoms with Crippen molar-refractivity contribution in [3.05, 3.63) is 0 Å². The van der Waals surface area contributed by atoms with Crippen LogP contribution in [0.4, 0.5) is 0 Å². The average molecular weight is 401 g/mol. The molecule has 164 valence electrons. The van der Waals surface area contributed by atoms with Crippen LogP contribution >= 0.6 is 0 Å². The Morgan fingerprint density at radius 3 is 2.25 bits per heavy atom. The van der Waals surface area contributed by atoms with E-state index >= 15 is 0 Å². The van der Waals surface area contributed by atoms with Crippen molar-refractivity contribution < 1.29 is 23.9 Å². The van der Waals surface area contributed by atoms with Crippen LogP contribution < -0.4 is 10.6 Å². The Balaban J connectivity index is 4.53. The first-order chi connectivity index (χ1) is 13.3. The molecule has 2 unspecified atom stereocenters. The number of carbonyl (C=O) groups is 3. The molecule has 0 bridgehead atoms. The Labute approximate surface area is 170 Å². The van der Waals surface area contributed by atoms with Gasteiger partial charge in [0.25, 0.3) is 0 Å². The van der Waals surface area contributed by atoms with Gasteiger partial charge in [-0.15, -0.1) is 0 Å². The Hall–Kier alpha value is -1.63. The molecule has 0 aromatic carbocycles. The largest absolute Gasteiger partial charge is 0.461 e. The van der Waals surface area contributed by atoms with Gasteiger partial charge in [0, 0.05) is 26.0 Å². The van der Waals surface area contributed by atoms with E-state index in [4.69, 9.17) is 9.47 Å². The van der Waals surface area contributed by atoms with E-state index in [2.05, 4.69) is 31.4 Å². The van der Waals surface area contributed by atoms with E-state index in [1.165, 1.54) is 0 Å². The van der Waals surface area contributed by atoms with Gasteiger partial charge in [0.05, 0.1) is 6.10 Å². The number of unbranched alkanes of at least 4 members (excludes halogenated alkanes) is 2. The highest BCUT2D eigenvalue weighted by molar-refractivity contribution is 5.85. The third-order valence-electron chi connectivity index (χ3n) is 4.17. The summed E-state index contributed by atoms with van der Waals surface area (Å²) in [5.41, 5.74) is 0. The van der Waals surface area contributed by atoms with Crippen LogP contribution in [0.5, 0.6) is 0 Å². The maximum absolute atomic E-state index is 12.4. The molecule has 0 saturated heterocycles. The maximum Gasteiger partial charge on any atom is 0.330 e. The molecule has 0 spiro atoms. The van der Waals surface area contributed by atoms with E-state index in [0.29, 0.717) is 25.4 Å². The minimum absolute atomic E-state index is 0.0276. The van der Waals surface area contributed by atoms with Crippen LogP contribution in [-0.2, 0) is 23.9 Å². The molecule has 0 aliphatic heterocycles. The summed E-state index contributed by atoms with van der Waals surface area (Å²) in [6, 6.07) is -0.891. The summed E-state index contributed by atoms with van der Waals surface area (Å²) in [4.78, 5) is 36.2. The molecule has 0 aliphatic rings. The summed E-state index contributed by atoms with van der Waals surface area (Å²) < 4.78 is 10.9. The topological polar surface area (TPSA) is 93.7 Å². The van der Waals surface area contributed by atoms with E-state index in [0.717, 1.165) is 32.1 Å². The van der Waals surface area contributed by atoms with Gasteiger partial charge in [-0.2, -0.15) is 0 Å². The van der Waals surface area contributed by atoms with Crippen molar-refractivity contribution in [3.63, 3.8) is 0 Å². The lowest BCUT2D eigenvalue weighted by Gasteiger charge is -2.20. The number of carbonyl (C=O) groups excluding carboxylic acids is 3. The second kappa shape index (κ2) is 16.3. The third kappa shape index (κ3) is 14.4. The number of nitrogens with one attached hydrogen (secondary N) is 2. The van der Waals surface area contributed by atoms with Gasteiger partial charge < -0.3 is 20.1 Å². The second-order valence-corrected chi connectivity index (χ2v) is 7.63. The molecule has 7 nitrogen and oxygen atoms in total.